The molecule has 344 valence electrons. The van der Waals surface area contributed by atoms with Crippen LogP contribution in [-0.4, -0.2) is 85.3 Å². The van der Waals surface area contributed by atoms with Gasteiger partial charge in [0, 0.05) is 12.8 Å². The molecule has 0 aromatic heterocycles. The van der Waals surface area contributed by atoms with Gasteiger partial charge in [-0.3, -0.25) is 4.79 Å². The van der Waals surface area contributed by atoms with Crippen LogP contribution in [0, 0.1) is 0 Å². The lowest BCUT2D eigenvalue weighted by atomic mass is 9.97. The van der Waals surface area contributed by atoms with Crippen LogP contribution in [0.4, 0.5) is 0 Å². The minimum atomic E-state index is -1.01. The van der Waals surface area contributed by atoms with Gasteiger partial charge in [-0.25, -0.2) is 14.1 Å². The van der Waals surface area contributed by atoms with Gasteiger partial charge in [-0.05, 0) is 84.1 Å². The molecule has 58 heavy (non-hydrogen) atoms. The third-order valence-electron chi connectivity index (χ3n) is 12.3. The summed E-state index contributed by atoms with van der Waals surface area (Å²) in [5.41, 5.74) is 17.2. The highest BCUT2D eigenvalue weighted by atomic mass is 16.4. The summed E-state index contributed by atoms with van der Waals surface area (Å²) in [5, 5.41) is 17.8. The van der Waals surface area contributed by atoms with E-state index in [4.69, 9.17) is 17.2 Å². The van der Waals surface area contributed by atoms with Crippen LogP contribution in [0.25, 0.3) is 0 Å². The number of aliphatic carboxylic acids is 1. The second-order valence-electron chi connectivity index (χ2n) is 17.6. The smallest absolute Gasteiger partial charge is 0.363 e. The maximum atomic E-state index is 15.1. The monoisotopic (exact) mass is 824 g/mol. The fourth-order valence-electron chi connectivity index (χ4n) is 8.62. The number of nitrogens with one attached hydrogen (secondary N) is 2. The number of primary amides is 1. The summed E-state index contributed by atoms with van der Waals surface area (Å²) in [6.07, 6.45) is 37.7. The highest BCUT2D eigenvalue weighted by Gasteiger charge is 2.49. The third kappa shape index (κ3) is 31.3. The SMILES string of the molecule is CCCCCCCCCCCCCCCC[N+](CCCCCCCCCCCCCCCC)(C(=O)[C@H](CCCNCCCN)NCCCN)[C@@H](CCC(N)=O)C(=O)O. The predicted molar refractivity (Wildman–Crippen MR) is 247 cm³/mol. The summed E-state index contributed by atoms with van der Waals surface area (Å²) in [6, 6.07) is -1.50. The van der Waals surface area contributed by atoms with Crippen molar-refractivity contribution in [3.05, 3.63) is 0 Å². The van der Waals surface area contributed by atoms with E-state index in [2.05, 4.69) is 24.5 Å². The van der Waals surface area contributed by atoms with Crippen molar-refractivity contribution in [1.29, 1.82) is 0 Å². The number of amides is 2. The number of carbonyl (C=O) groups is 3. The molecule has 0 heterocycles. The topological polar surface area (TPSA) is 174 Å². The maximum Gasteiger partial charge on any atom is 0.363 e. The molecule has 0 aromatic rings. The molecule has 0 fully saturated rings. The lowest BCUT2D eigenvalue weighted by Gasteiger charge is -2.43. The van der Waals surface area contributed by atoms with Crippen LogP contribution < -0.4 is 27.8 Å². The Morgan fingerprint density at radius 3 is 1.22 bits per heavy atom. The van der Waals surface area contributed by atoms with Crippen LogP contribution in [0.2, 0.25) is 0 Å². The lowest BCUT2D eigenvalue weighted by molar-refractivity contribution is -0.873. The van der Waals surface area contributed by atoms with E-state index in [0.717, 1.165) is 70.9 Å². The molecule has 0 unspecified atom stereocenters. The Morgan fingerprint density at radius 2 is 0.862 bits per heavy atom. The number of rotatable bonds is 47. The number of carboxylic acids is 1. The van der Waals surface area contributed by atoms with Crippen LogP contribution in [0.15, 0.2) is 0 Å². The van der Waals surface area contributed by atoms with E-state index < -0.39 is 24.0 Å². The van der Waals surface area contributed by atoms with Gasteiger partial charge in [-0.2, -0.15) is 0 Å². The molecule has 10 nitrogen and oxygen atoms in total. The molecule has 10 heteroatoms. The highest BCUT2D eigenvalue weighted by Crippen LogP contribution is 2.27. The summed E-state index contributed by atoms with van der Waals surface area (Å²) >= 11 is 0. The molecule has 0 aliphatic rings. The largest absolute Gasteiger partial charge is 0.477 e. The van der Waals surface area contributed by atoms with E-state index in [0.29, 0.717) is 39.1 Å². The van der Waals surface area contributed by atoms with Gasteiger partial charge >= 0.3 is 11.9 Å². The summed E-state index contributed by atoms with van der Waals surface area (Å²) in [7, 11) is 0. The van der Waals surface area contributed by atoms with Crippen molar-refractivity contribution in [3.63, 3.8) is 0 Å². The van der Waals surface area contributed by atoms with Gasteiger partial charge in [-0.15, -0.1) is 0 Å². The lowest BCUT2D eigenvalue weighted by Crippen LogP contribution is -2.67. The molecule has 2 atom stereocenters. The maximum absolute atomic E-state index is 15.1. The number of carbonyl (C=O) groups excluding carboxylic acids is 2. The first-order valence-electron chi connectivity index (χ1n) is 25.1. The molecule has 0 spiro atoms. The number of nitrogens with two attached hydrogens (primary N) is 3. The Hall–Kier alpha value is -1.59. The van der Waals surface area contributed by atoms with Crippen molar-refractivity contribution >= 4 is 17.8 Å². The van der Waals surface area contributed by atoms with E-state index in [1.807, 2.05) is 0 Å². The first-order valence-corrected chi connectivity index (χ1v) is 25.1. The normalized spacial score (nSPS) is 12.9. The standard InChI is InChI=1S/C48H98N6O4/c1-3-5-7-9-11-13-15-17-19-21-23-25-27-29-42-54(45(48(57)58)35-36-46(51)55,43-30-28-26-24-22-20-18-16-14-12-10-8-6-4-2)47(56)44(53-41-33-38-50)34-31-39-52-40-32-37-49/h44-45,52-53H,3-43,49-50H2,1-2H3,(H2-,51,55,57,58)/p+1/t44-,45-/m0/s1. The van der Waals surface area contributed by atoms with Crippen LogP contribution in [0.1, 0.15) is 232 Å². The van der Waals surface area contributed by atoms with Crippen molar-refractivity contribution in [3.8, 4) is 0 Å². The zero-order chi connectivity index (χ0) is 42.8. The fraction of sp³-hybridized carbons (Fsp3) is 0.938. The minimum absolute atomic E-state index is 0.0414. The first-order chi connectivity index (χ1) is 28.3. The molecule has 9 N–H and O–H groups in total. The summed E-state index contributed by atoms with van der Waals surface area (Å²) in [5.74, 6) is -1.57. The second kappa shape index (κ2) is 42.1. The molecule has 0 rings (SSSR count). The fourth-order valence-corrected chi connectivity index (χ4v) is 8.62. The van der Waals surface area contributed by atoms with Gasteiger partial charge in [-0.1, -0.05) is 168 Å². The Kier molecular flexibility index (Phi) is 41.0. The van der Waals surface area contributed by atoms with Crippen LogP contribution in [0.3, 0.4) is 0 Å². The summed E-state index contributed by atoms with van der Waals surface area (Å²) < 4.78 is -0.111. The molecular weight excluding hydrogens is 725 g/mol. The Labute approximate surface area is 358 Å². The van der Waals surface area contributed by atoms with E-state index >= 15 is 4.79 Å². The molecular formula is C48H99N6O4+. The second-order valence-corrected chi connectivity index (χ2v) is 17.6. The van der Waals surface area contributed by atoms with E-state index in [-0.39, 0.29) is 23.2 Å². The highest BCUT2D eigenvalue weighted by molar-refractivity contribution is 5.81. The first kappa shape index (κ1) is 56.4. The van der Waals surface area contributed by atoms with Crippen molar-refractivity contribution < 1.29 is 24.0 Å². The zero-order valence-electron chi connectivity index (χ0n) is 38.5. The quantitative estimate of drug-likeness (QED) is 0.0260. The van der Waals surface area contributed by atoms with Gasteiger partial charge in [0.2, 0.25) is 5.91 Å². The molecule has 0 aliphatic heterocycles. The number of hydrogen-bond donors (Lipinski definition) is 6. The number of quaternary nitrogens is 1. The van der Waals surface area contributed by atoms with E-state index in [9.17, 15) is 14.7 Å². The minimum Gasteiger partial charge on any atom is -0.477 e. The molecule has 0 saturated carbocycles. The molecule has 0 radical (unpaired) electrons. The van der Waals surface area contributed by atoms with Crippen LogP contribution in [0.5, 0.6) is 0 Å². The molecule has 0 bridgehead atoms. The van der Waals surface area contributed by atoms with Gasteiger partial charge in [0.25, 0.3) is 0 Å². The molecule has 2 amide bonds. The summed E-state index contributed by atoms with van der Waals surface area (Å²) in [6.45, 7) is 8.85. The number of carboxylic acid groups (broad SMARTS) is 1. The molecule has 0 aliphatic carbocycles. The number of nitrogens with zero attached hydrogens (tertiary/aromatic N) is 1. The van der Waals surface area contributed by atoms with Gasteiger partial charge in [0.05, 0.1) is 13.1 Å². The van der Waals surface area contributed by atoms with Gasteiger partial charge in [0.1, 0.15) is 6.04 Å². The van der Waals surface area contributed by atoms with Gasteiger partial charge < -0.3 is 32.9 Å². The number of unbranched alkanes of at least 4 members (excludes halogenated alkanes) is 26. The van der Waals surface area contributed by atoms with Crippen molar-refractivity contribution in [1.82, 2.24) is 10.6 Å². The molecule has 0 saturated heterocycles. The molecule has 0 aromatic carbocycles. The van der Waals surface area contributed by atoms with Crippen molar-refractivity contribution in [2.24, 2.45) is 17.2 Å². The van der Waals surface area contributed by atoms with Gasteiger partial charge in [0.15, 0.2) is 6.04 Å². The summed E-state index contributed by atoms with van der Waals surface area (Å²) in [4.78, 5) is 40.4. The van der Waals surface area contributed by atoms with Crippen molar-refractivity contribution in [2.75, 3.05) is 45.8 Å². The van der Waals surface area contributed by atoms with Crippen LogP contribution in [-0.2, 0) is 14.4 Å². The zero-order valence-corrected chi connectivity index (χ0v) is 38.5. The van der Waals surface area contributed by atoms with E-state index in [1.54, 1.807) is 0 Å². The third-order valence-corrected chi connectivity index (χ3v) is 12.3. The van der Waals surface area contributed by atoms with Crippen molar-refractivity contribution in [2.45, 2.75) is 244 Å². The van der Waals surface area contributed by atoms with Crippen LogP contribution >= 0.6 is 0 Å². The average molecular weight is 824 g/mol. The van der Waals surface area contributed by atoms with E-state index in [1.165, 1.54) is 141 Å². The number of hydrogen-bond acceptors (Lipinski definition) is 7. The Bertz CT molecular complexity index is 906. The average Bonchev–Trinajstić information content (AvgIpc) is 3.20. The Balaban J connectivity index is 5.71. The Morgan fingerprint density at radius 1 is 0.500 bits per heavy atom. The predicted octanol–water partition coefficient (Wildman–Crippen LogP) is 10.0.